The molecule has 1 aliphatic heterocycles. The first-order valence-electron chi connectivity index (χ1n) is 11.6. The molecule has 190 valence electrons. The summed E-state index contributed by atoms with van der Waals surface area (Å²) >= 11 is 0. The van der Waals surface area contributed by atoms with Crippen LogP contribution in [0.3, 0.4) is 0 Å². The highest BCUT2D eigenvalue weighted by molar-refractivity contribution is 5.98. The second-order valence-corrected chi connectivity index (χ2v) is 8.86. The fourth-order valence-corrected chi connectivity index (χ4v) is 3.75. The van der Waals surface area contributed by atoms with E-state index < -0.39 is 36.8 Å². The van der Waals surface area contributed by atoms with Gasteiger partial charge in [0.2, 0.25) is 6.79 Å². The van der Waals surface area contributed by atoms with Gasteiger partial charge < -0.3 is 29.0 Å². The van der Waals surface area contributed by atoms with Crippen molar-refractivity contribution in [3.8, 4) is 11.5 Å². The highest BCUT2D eigenvalue weighted by Gasteiger charge is 2.34. The van der Waals surface area contributed by atoms with Crippen molar-refractivity contribution < 1.29 is 38.1 Å². The number of hydrogen-bond donors (Lipinski definition) is 1. The maximum Gasteiger partial charge on any atom is 0.329 e. The van der Waals surface area contributed by atoms with Crippen molar-refractivity contribution in [2.45, 2.75) is 72.1 Å². The van der Waals surface area contributed by atoms with Crippen molar-refractivity contribution in [1.29, 1.82) is 0 Å². The zero-order valence-corrected chi connectivity index (χ0v) is 20.8. The number of carbonyl (C=O) groups is 3. The molecule has 1 amide bonds. The van der Waals surface area contributed by atoms with Gasteiger partial charge in [0.05, 0.1) is 13.2 Å². The van der Waals surface area contributed by atoms with Crippen LogP contribution < -0.4 is 14.8 Å². The first kappa shape index (κ1) is 27.4. The van der Waals surface area contributed by atoms with E-state index in [1.54, 1.807) is 0 Å². The Hall–Kier alpha value is -2.88. The number of aromatic nitrogens is 1. The van der Waals surface area contributed by atoms with E-state index in [-0.39, 0.29) is 29.2 Å². The van der Waals surface area contributed by atoms with Crippen molar-refractivity contribution in [1.82, 2.24) is 10.3 Å². The highest BCUT2D eigenvalue weighted by atomic mass is 16.7. The van der Waals surface area contributed by atoms with Crippen LogP contribution in [0.4, 0.5) is 0 Å². The maximum atomic E-state index is 13.1. The van der Waals surface area contributed by atoms with Gasteiger partial charge in [-0.15, -0.1) is 0 Å². The molecule has 1 unspecified atom stereocenters. The number of amides is 1. The van der Waals surface area contributed by atoms with Crippen molar-refractivity contribution >= 4 is 17.8 Å². The van der Waals surface area contributed by atoms with E-state index in [2.05, 4.69) is 31.1 Å². The molecular formula is C24H36N2O8. The van der Waals surface area contributed by atoms with Crippen molar-refractivity contribution in [2.75, 3.05) is 20.5 Å². The van der Waals surface area contributed by atoms with Gasteiger partial charge in [0.15, 0.2) is 17.2 Å². The standard InChI is InChI=1S/C24H36N2O8/c1-14(2)12-31-21-15(3)8-7-9-18(24(29)34-16(21)4)26-23(28)20-22(33-13-32-17(5)27)19(30-6)10-11-25-20/h10-11,14-16,18,21H,7-9,12-13H2,1-6H3,(H,26,28)/t15?,16-,18-,21+/m0/s1. The molecule has 0 aromatic carbocycles. The van der Waals surface area contributed by atoms with E-state index in [0.717, 1.165) is 6.42 Å². The molecule has 0 aliphatic carbocycles. The molecule has 1 aromatic rings. The average molecular weight is 481 g/mol. The minimum Gasteiger partial charge on any atom is -0.493 e. The number of hydrogen-bond acceptors (Lipinski definition) is 9. The quantitative estimate of drug-likeness (QED) is 0.420. The lowest BCUT2D eigenvalue weighted by atomic mass is 9.94. The largest absolute Gasteiger partial charge is 0.493 e. The number of nitrogens with one attached hydrogen (secondary N) is 1. The molecule has 0 radical (unpaired) electrons. The van der Waals surface area contributed by atoms with Gasteiger partial charge in [0.25, 0.3) is 5.91 Å². The van der Waals surface area contributed by atoms with Crippen LogP contribution in [0.15, 0.2) is 12.3 Å². The van der Waals surface area contributed by atoms with Gasteiger partial charge in [0, 0.05) is 25.8 Å². The Balaban J connectivity index is 2.16. The Morgan fingerprint density at radius 2 is 2.00 bits per heavy atom. The minimum absolute atomic E-state index is 0.00400. The fraction of sp³-hybridized carbons (Fsp3) is 0.667. The van der Waals surface area contributed by atoms with Crippen molar-refractivity contribution in [3.63, 3.8) is 0 Å². The second-order valence-electron chi connectivity index (χ2n) is 8.86. The van der Waals surface area contributed by atoms with Gasteiger partial charge in [-0.2, -0.15) is 0 Å². The monoisotopic (exact) mass is 480 g/mol. The van der Waals surface area contributed by atoms with E-state index in [0.29, 0.717) is 25.4 Å². The predicted octanol–water partition coefficient (Wildman–Crippen LogP) is 2.88. The summed E-state index contributed by atoms with van der Waals surface area (Å²) < 4.78 is 27.2. The lowest BCUT2D eigenvalue weighted by Gasteiger charge is -2.29. The van der Waals surface area contributed by atoms with Crippen molar-refractivity contribution in [3.05, 3.63) is 18.0 Å². The Bertz CT molecular complexity index is 844. The molecule has 0 saturated carbocycles. The van der Waals surface area contributed by atoms with Crippen LogP contribution in [0.25, 0.3) is 0 Å². The smallest absolute Gasteiger partial charge is 0.329 e. The molecule has 2 heterocycles. The third kappa shape index (κ3) is 7.86. The Labute approximate surface area is 200 Å². The van der Waals surface area contributed by atoms with E-state index in [9.17, 15) is 14.4 Å². The van der Waals surface area contributed by atoms with Crippen LogP contribution in [-0.4, -0.2) is 61.6 Å². The number of cyclic esters (lactones) is 1. The minimum atomic E-state index is -0.861. The molecule has 34 heavy (non-hydrogen) atoms. The number of ether oxygens (including phenoxy) is 5. The molecular weight excluding hydrogens is 444 g/mol. The van der Waals surface area contributed by atoms with Gasteiger partial charge in [0.1, 0.15) is 12.1 Å². The third-order valence-corrected chi connectivity index (χ3v) is 5.46. The zero-order chi connectivity index (χ0) is 25.3. The van der Waals surface area contributed by atoms with E-state index in [1.807, 2.05) is 6.92 Å². The Morgan fingerprint density at radius 3 is 2.65 bits per heavy atom. The normalized spacial score (nSPS) is 23.2. The van der Waals surface area contributed by atoms with Gasteiger partial charge in [-0.25, -0.2) is 9.78 Å². The Kier molecular flexibility index (Phi) is 10.6. The van der Waals surface area contributed by atoms with Gasteiger partial charge in [-0.1, -0.05) is 27.2 Å². The summed E-state index contributed by atoms with van der Waals surface area (Å²) in [4.78, 5) is 41.1. The topological polar surface area (TPSA) is 122 Å². The summed E-state index contributed by atoms with van der Waals surface area (Å²) in [5.41, 5.74) is -0.0984. The van der Waals surface area contributed by atoms with Crippen molar-refractivity contribution in [2.24, 2.45) is 11.8 Å². The fourth-order valence-electron chi connectivity index (χ4n) is 3.75. The average Bonchev–Trinajstić information content (AvgIpc) is 2.81. The Morgan fingerprint density at radius 1 is 1.26 bits per heavy atom. The molecule has 2 rings (SSSR count). The van der Waals surface area contributed by atoms with E-state index in [1.165, 1.54) is 26.3 Å². The molecule has 4 atom stereocenters. The molecule has 1 aromatic heterocycles. The molecule has 1 saturated heterocycles. The third-order valence-electron chi connectivity index (χ3n) is 5.46. The summed E-state index contributed by atoms with van der Waals surface area (Å²) in [6.45, 7) is 9.43. The highest BCUT2D eigenvalue weighted by Crippen LogP contribution is 2.30. The van der Waals surface area contributed by atoms with Crippen LogP contribution in [0.5, 0.6) is 11.5 Å². The van der Waals surface area contributed by atoms with Crippen LogP contribution in [-0.2, 0) is 23.8 Å². The van der Waals surface area contributed by atoms with Crippen LogP contribution in [0.2, 0.25) is 0 Å². The lowest BCUT2D eigenvalue weighted by molar-refractivity contribution is -0.161. The molecule has 10 nitrogen and oxygen atoms in total. The van der Waals surface area contributed by atoms with Gasteiger partial charge in [-0.3, -0.25) is 9.59 Å². The summed E-state index contributed by atoms with van der Waals surface area (Å²) in [6.07, 6.45) is 2.64. The molecule has 10 heteroatoms. The summed E-state index contributed by atoms with van der Waals surface area (Å²) in [5, 5.41) is 2.71. The zero-order valence-electron chi connectivity index (χ0n) is 20.8. The molecule has 0 bridgehead atoms. The summed E-state index contributed by atoms with van der Waals surface area (Å²) in [5.74, 6) is -0.910. The molecule has 1 N–H and O–H groups in total. The van der Waals surface area contributed by atoms with E-state index in [4.69, 9.17) is 23.7 Å². The number of rotatable bonds is 9. The predicted molar refractivity (Wildman–Crippen MR) is 122 cm³/mol. The summed E-state index contributed by atoms with van der Waals surface area (Å²) in [7, 11) is 1.41. The molecule has 1 aliphatic rings. The second kappa shape index (κ2) is 13.1. The van der Waals surface area contributed by atoms with Crippen LogP contribution >= 0.6 is 0 Å². The lowest BCUT2D eigenvalue weighted by Crippen LogP contribution is -2.44. The number of methoxy groups -OCH3 is 1. The molecule has 1 fully saturated rings. The van der Waals surface area contributed by atoms with Crippen LogP contribution in [0.1, 0.15) is 64.4 Å². The first-order chi connectivity index (χ1) is 16.1. The summed E-state index contributed by atoms with van der Waals surface area (Å²) in [6, 6.07) is 0.648. The van der Waals surface area contributed by atoms with Crippen LogP contribution in [0, 0.1) is 11.8 Å². The van der Waals surface area contributed by atoms with Gasteiger partial charge >= 0.3 is 11.9 Å². The molecule has 0 spiro atoms. The van der Waals surface area contributed by atoms with Gasteiger partial charge in [-0.05, 0) is 31.6 Å². The SMILES string of the molecule is COc1ccnc(C(=O)N[C@H]2CCCC(C)[C@@H](OCC(C)C)[C@H](C)OC2=O)c1OCOC(C)=O. The number of nitrogens with zero attached hydrogens (tertiary/aromatic N) is 1. The maximum absolute atomic E-state index is 13.1. The number of pyridine rings is 1. The number of carbonyl (C=O) groups excluding carboxylic acids is 3. The number of esters is 2. The van der Waals surface area contributed by atoms with E-state index >= 15 is 0 Å². The first-order valence-corrected chi connectivity index (χ1v) is 11.6.